The average molecular weight is 497 g/mol. The van der Waals surface area contributed by atoms with E-state index in [1.807, 2.05) is 0 Å². The maximum absolute atomic E-state index is 12.7. The number of alkyl halides is 3. The average Bonchev–Trinajstić information content (AvgIpc) is 3.42. The molecule has 0 unspecified atom stereocenters. The molecular formula is C19H18F3N7O6. The second-order valence-electron chi connectivity index (χ2n) is 6.99. The predicted octanol–water partition coefficient (Wildman–Crippen LogP) is 1.47. The van der Waals surface area contributed by atoms with Gasteiger partial charge in [0, 0.05) is 13.1 Å². The Balaban J connectivity index is 1.39. The summed E-state index contributed by atoms with van der Waals surface area (Å²) < 4.78 is 49.3. The van der Waals surface area contributed by atoms with Crippen LogP contribution in [0.5, 0.6) is 5.75 Å². The van der Waals surface area contributed by atoms with E-state index in [0.717, 1.165) is 18.2 Å². The highest BCUT2D eigenvalue weighted by molar-refractivity contribution is 5.89. The van der Waals surface area contributed by atoms with Gasteiger partial charge in [0.2, 0.25) is 0 Å². The Labute approximate surface area is 194 Å². The second kappa shape index (κ2) is 10.6. The van der Waals surface area contributed by atoms with Gasteiger partial charge in [-0.2, -0.15) is 22.8 Å². The number of carbonyl (C=O) groups is 2. The van der Waals surface area contributed by atoms with Gasteiger partial charge in [-0.3, -0.25) is 9.59 Å². The number of nitrogens with zero attached hydrogens (tertiary/aromatic N) is 5. The molecule has 0 aliphatic carbocycles. The molecule has 35 heavy (non-hydrogen) atoms. The minimum Gasteiger partial charge on any atom is -0.484 e. The van der Waals surface area contributed by atoms with Crippen molar-refractivity contribution >= 4 is 17.6 Å². The SMILES string of the molecule is Cc1cc([N+](=O)[O-])nn1Cc1noc(C(=O)NCCNC(=O)COc2cccc(C(F)(F)F)c2)n1. The van der Waals surface area contributed by atoms with Crippen LogP contribution >= 0.6 is 0 Å². The third kappa shape index (κ3) is 6.99. The van der Waals surface area contributed by atoms with Crippen molar-refractivity contribution in [3.05, 3.63) is 63.4 Å². The zero-order valence-electron chi connectivity index (χ0n) is 18.0. The summed E-state index contributed by atoms with van der Waals surface area (Å²) in [6, 6.07) is 5.38. The molecule has 0 aliphatic heterocycles. The molecule has 0 fully saturated rings. The van der Waals surface area contributed by atoms with Gasteiger partial charge in [-0.25, -0.2) is 0 Å². The third-order valence-electron chi connectivity index (χ3n) is 4.37. The number of carbonyl (C=O) groups excluding carboxylic acids is 2. The highest BCUT2D eigenvalue weighted by atomic mass is 19.4. The first kappa shape index (κ1) is 25.1. The number of aryl methyl sites for hydroxylation is 1. The van der Waals surface area contributed by atoms with Crippen molar-refractivity contribution in [1.29, 1.82) is 0 Å². The fourth-order valence-electron chi connectivity index (χ4n) is 2.70. The first-order valence-electron chi connectivity index (χ1n) is 9.89. The molecule has 0 saturated heterocycles. The van der Waals surface area contributed by atoms with Crippen LogP contribution in [-0.4, -0.2) is 56.4 Å². The van der Waals surface area contributed by atoms with Gasteiger partial charge in [-0.15, -0.1) is 0 Å². The van der Waals surface area contributed by atoms with E-state index in [9.17, 15) is 32.9 Å². The van der Waals surface area contributed by atoms with Crippen LogP contribution < -0.4 is 15.4 Å². The third-order valence-corrected chi connectivity index (χ3v) is 4.37. The molecule has 1 aromatic carbocycles. The number of nitrogens with one attached hydrogen (secondary N) is 2. The molecule has 3 rings (SSSR count). The highest BCUT2D eigenvalue weighted by Crippen LogP contribution is 2.31. The Morgan fingerprint density at radius 3 is 2.66 bits per heavy atom. The number of nitro groups is 1. The lowest BCUT2D eigenvalue weighted by atomic mass is 10.2. The van der Waals surface area contributed by atoms with Crippen LogP contribution in [0.2, 0.25) is 0 Å². The summed E-state index contributed by atoms with van der Waals surface area (Å²) in [7, 11) is 0. The van der Waals surface area contributed by atoms with Crippen molar-refractivity contribution in [3.63, 3.8) is 0 Å². The fraction of sp³-hybridized carbons (Fsp3) is 0.316. The quantitative estimate of drug-likeness (QED) is 0.239. The Morgan fingerprint density at radius 2 is 1.97 bits per heavy atom. The molecule has 2 amide bonds. The van der Waals surface area contributed by atoms with E-state index < -0.39 is 35.1 Å². The minimum absolute atomic E-state index is 0.00628. The molecule has 13 nitrogen and oxygen atoms in total. The number of amides is 2. The summed E-state index contributed by atoms with van der Waals surface area (Å²) in [5, 5.41) is 23.0. The molecule has 0 bridgehead atoms. The lowest BCUT2D eigenvalue weighted by Crippen LogP contribution is -2.36. The zero-order chi connectivity index (χ0) is 25.6. The molecule has 2 heterocycles. The number of rotatable bonds is 10. The van der Waals surface area contributed by atoms with Crippen LogP contribution in [0, 0.1) is 17.0 Å². The zero-order valence-corrected chi connectivity index (χ0v) is 18.0. The fourth-order valence-corrected chi connectivity index (χ4v) is 2.70. The van der Waals surface area contributed by atoms with Crippen molar-refractivity contribution in [2.24, 2.45) is 0 Å². The number of ether oxygens (including phenoxy) is 1. The molecule has 186 valence electrons. The van der Waals surface area contributed by atoms with Crippen molar-refractivity contribution in [1.82, 2.24) is 30.6 Å². The lowest BCUT2D eigenvalue weighted by Gasteiger charge is -2.10. The van der Waals surface area contributed by atoms with Gasteiger partial charge < -0.3 is 30.0 Å². The predicted molar refractivity (Wildman–Crippen MR) is 109 cm³/mol. The smallest absolute Gasteiger partial charge is 0.416 e. The second-order valence-corrected chi connectivity index (χ2v) is 6.99. The van der Waals surface area contributed by atoms with E-state index in [-0.39, 0.29) is 42.9 Å². The van der Waals surface area contributed by atoms with E-state index in [4.69, 9.17) is 9.26 Å². The maximum Gasteiger partial charge on any atom is 0.416 e. The van der Waals surface area contributed by atoms with Crippen molar-refractivity contribution < 1.29 is 36.9 Å². The number of aromatic nitrogens is 4. The summed E-state index contributed by atoms with van der Waals surface area (Å²) in [5.41, 5.74) is -0.413. The number of benzene rings is 1. The largest absolute Gasteiger partial charge is 0.484 e. The summed E-state index contributed by atoms with van der Waals surface area (Å²) in [4.78, 5) is 37.9. The number of hydrogen-bond donors (Lipinski definition) is 2. The van der Waals surface area contributed by atoms with Gasteiger partial charge in [0.25, 0.3) is 5.91 Å². The number of halogens is 3. The van der Waals surface area contributed by atoms with Crippen molar-refractivity contribution in [3.8, 4) is 5.75 Å². The van der Waals surface area contributed by atoms with Crippen LogP contribution in [-0.2, 0) is 17.5 Å². The Kier molecular flexibility index (Phi) is 7.62. The van der Waals surface area contributed by atoms with Crippen LogP contribution in [0.15, 0.2) is 34.9 Å². The molecule has 3 aromatic rings. The summed E-state index contributed by atoms with van der Waals surface area (Å²) in [6.45, 7) is 1.00. The summed E-state index contributed by atoms with van der Waals surface area (Å²) in [6.07, 6.45) is -4.53. The first-order valence-corrected chi connectivity index (χ1v) is 9.89. The molecule has 0 radical (unpaired) electrons. The van der Waals surface area contributed by atoms with E-state index in [2.05, 4.69) is 25.9 Å². The Hall–Kier alpha value is -4.50. The highest BCUT2D eigenvalue weighted by Gasteiger charge is 2.30. The topological polar surface area (TPSA) is 167 Å². The lowest BCUT2D eigenvalue weighted by molar-refractivity contribution is -0.389. The van der Waals surface area contributed by atoms with Gasteiger partial charge >= 0.3 is 23.8 Å². The van der Waals surface area contributed by atoms with Crippen LogP contribution in [0.1, 0.15) is 27.8 Å². The molecule has 0 atom stereocenters. The van der Waals surface area contributed by atoms with Gasteiger partial charge in [0.05, 0.1) is 22.4 Å². The molecule has 16 heteroatoms. The molecule has 2 aromatic heterocycles. The maximum atomic E-state index is 12.7. The normalized spacial score (nSPS) is 11.2. The van der Waals surface area contributed by atoms with Crippen molar-refractivity contribution in [2.75, 3.05) is 19.7 Å². The molecule has 2 N–H and O–H groups in total. The van der Waals surface area contributed by atoms with Gasteiger partial charge in [-0.1, -0.05) is 11.2 Å². The Bertz CT molecular complexity index is 1220. The van der Waals surface area contributed by atoms with Gasteiger partial charge in [0.1, 0.15) is 12.3 Å². The van der Waals surface area contributed by atoms with Crippen molar-refractivity contribution in [2.45, 2.75) is 19.6 Å². The summed E-state index contributed by atoms with van der Waals surface area (Å²) in [5.74, 6) is -2.08. The molecule has 0 saturated carbocycles. The molecular weight excluding hydrogens is 479 g/mol. The number of hydrogen-bond acceptors (Lipinski definition) is 9. The van der Waals surface area contributed by atoms with E-state index in [0.29, 0.717) is 5.69 Å². The van der Waals surface area contributed by atoms with Gasteiger partial charge in [-0.05, 0) is 30.0 Å². The van der Waals surface area contributed by atoms with Crippen LogP contribution in [0.4, 0.5) is 19.0 Å². The van der Waals surface area contributed by atoms with Gasteiger partial charge in [0.15, 0.2) is 12.4 Å². The standard InChI is InChI=1S/C19H18F3N7O6/c1-11-7-15(29(32)33)26-28(11)9-14-25-18(35-27-14)17(31)24-6-5-23-16(30)10-34-13-4-2-3-12(8-13)19(20,21)22/h2-4,7-8H,5-6,9-10H2,1H3,(H,23,30)(H,24,31). The Morgan fingerprint density at radius 1 is 1.23 bits per heavy atom. The van der Waals surface area contributed by atoms with Crippen LogP contribution in [0.3, 0.4) is 0 Å². The minimum atomic E-state index is -4.53. The van der Waals surface area contributed by atoms with Crippen LogP contribution in [0.25, 0.3) is 0 Å². The first-order chi connectivity index (χ1) is 16.5. The van der Waals surface area contributed by atoms with E-state index in [1.165, 1.54) is 16.8 Å². The van der Waals surface area contributed by atoms with E-state index >= 15 is 0 Å². The molecule has 0 aliphatic rings. The monoisotopic (exact) mass is 497 g/mol. The van der Waals surface area contributed by atoms with E-state index in [1.54, 1.807) is 6.92 Å². The summed E-state index contributed by atoms with van der Waals surface area (Å²) >= 11 is 0. The molecule has 0 spiro atoms.